The van der Waals surface area contributed by atoms with Gasteiger partial charge in [-0.1, -0.05) is 29.3 Å². The van der Waals surface area contributed by atoms with Crippen LogP contribution in [0.3, 0.4) is 0 Å². The van der Waals surface area contributed by atoms with Gasteiger partial charge in [0.15, 0.2) is 0 Å². The molecule has 0 aliphatic carbocycles. The summed E-state index contributed by atoms with van der Waals surface area (Å²) in [6, 6.07) is 7.31. The lowest BCUT2D eigenvalue weighted by atomic mass is 10.1. The standard InChI is InChI=1S/C12H8BrCl3OS/c1-17-9-4-6(14)2-3-7(9)11(15)10-5-8(13)12(16)18-10/h2-5,11H,1H3. The molecule has 1 aromatic carbocycles. The van der Waals surface area contributed by atoms with Gasteiger partial charge >= 0.3 is 0 Å². The van der Waals surface area contributed by atoms with Gasteiger partial charge in [0.05, 0.1) is 12.5 Å². The van der Waals surface area contributed by atoms with Crippen LogP contribution in [0.15, 0.2) is 28.7 Å². The molecule has 96 valence electrons. The average molecular weight is 387 g/mol. The molecule has 0 bridgehead atoms. The Kier molecular flexibility index (Phi) is 4.84. The highest BCUT2D eigenvalue weighted by atomic mass is 79.9. The third-order valence-corrected chi connectivity index (χ3v) is 5.76. The topological polar surface area (TPSA) is 9.23 Å². The van der Waals surface area contributed by atoms with Crippen LogP contribution in [0.2, 0.25) is 9.36 Å². The molecular weight excluding hydrogens is 378 g/mol. The van der Waals surface area contributed by atoms with Crippen molar-refractivity contribution < 1.29 is 4.74 Å². The van der Waals surface area contributed by atoms with E-state index in [0.29, 0.717) is 15.1 Å². The van der Waals surface area contributed by atoms with E-state index < -0.39 is 0 Å². The summed E-state index contributed by atoms with van der Waals surface area (Å²) in [5, 5.41) is 0.302. The van der Waals surface area contributed by atoms with E-state index in [9.17, 15) is 0 Å². The Bertz CT molecular complexity index is 551. The van der Waals surface area contributed by atoms with Crippen LogP contribution in [0, 0.1) is 0 Å². The first-order valence-electron chi connectivity index (χ1n) is 4.95. The zero-order chi connectivity index (χ0) is 13.3. The maximum Gasteiger partial charge on any atom is 0.125 e. The van der Waals surface area contributed by atoms with Crippen LogP contribution in [-0.2, 0) is 0 Å². The van der Waals surface area contributed by atoms with Gasteiger partial charge in [-0.15, -0.1) is 22.9 Å². The van der Waals surface area contributed by atoms with E-state index in [2.05, 4.69) is 15.9 Å². The number of ether oxygens (including phenoxy) is 1. The van der Waals surface area contributed by atoms with Gasteiger partial charge in [0.2, 0.25) is 0 Å². The third kappa shape index (κ3) is 2.97. The average Bonchev–Trinajstić information content (AvgIpc) is 2.68. The van der Waals surface area contributed by atoms with Crippen molar-refractivity contribution in [2.45, 2.75) is 5.38 Å². The molecule has 0 spiro atoms. The molecule has 0 saturated heterocycles. The summed E-state index contributed by atoms with van der Waals surface area (Å²) in [7, 11) is 1.59. The van der Waals surface area contributed by atoms with Crippen molar-refractivity contribution >= 4 is 62.1 Å². The van der Waals surface area contributed by atoms with E-state index in [-0.39, 0.29) is 5.38 Å². The number of halogens is 4. The van der Waals surface area contributed by atoms with E-state index >= 15 is 0 Å². The zero-order valence-corrected chi connectivity index (χ0v) is 13.9. The maximum atomic E-state index is 6.46. The summed E-state index contributed by atoms with van der Waals surface area (Å²) in [5.41, 5.74) is 0.869. The second kappa shape index (κ2) is 6.02. The van der Waals surface area contributed by atoms with Crippen molar-refractivity contribution in [2.24, 2.45) is 0 Å². The summed E-state index contributed by atoms with van der Waals surface area (Å²) >= 11 is 23.2. The summed E-state index contributed by atoms with van der Waals surface area (Å²) in [5.74, 6) is 0.670. The fourth-order valence-electron chi connectivity index (χ4n) is 1.54. The molecule has 0 aliphatic rings. The predicted octanol–water partition coefficient (Wildman–Crippen LogP) is 6.15. The van der Waals surface area contributed by atoms with Gasteiger partial charge in [0.1, 0.15) is 10.1 Å². The van der Waals surface area contributed by atoms with Gasteiger partial charge in [0, 0.05) is 19.9 Å². The highest BCUT2D eigenvalue weighted by Crippen LogP contribution is 2.43. The summed E-state index contributed by atoms with van der Waals surface area (Å²) in [6.45, 7) is 0. The quantitative estimate of drug-likeness (QED) is 0.575. The SMILES string of the molecule is COc1cc(Cl)ccc1C(Cl)c1cc(Br)c(Cl)s1. The molecule has 1 heterocycles. The van der Waals surface area contributed by atoms with Crippen molar-refractivity contribution in [3.8, 4) is 5.75 Å². The Balaban J connectivity index is 2.42. The molecule has 1 aromatic heterocycles. The van der Waals surface area contributed by atoms with Crippen LogP contribution >= 0.6 is 62.1 Å². The molecule has 0 fully saturated rings. The third-order valence-electron chi connectivity index (χ3n) is 2.38. The fraction of sp³-hybridized carbons (Fsp3) is 0.167. The number of benzene rings is 1. The van der Waals surface area contributed by atoms with Crippen molar-refractivity contribution in [1.29, 1.82) is 0 Å². The number of methoxy groups -OCH3 is 1. The van der Waals surface area contributed by atoms with Gasteiger partial charge in [-0.25, -0.2) is 0 Å². The van der Waals surface area contributed by atoms with Crippen molar-refractivity contribution in [3.63, 3.8) is 0 Å². The van der Waals surface area contributed by atoms with Gasteiger partial charge < -0.3 is 4.74 Å². The minimum Gasteiger partial charge on any atom is -0.496 e. The van der Waals surface area contributed by atoms with Gasteiger partial charge in [-0.3, -0.25) is 0 Å². The van der Waals surface area contributed by atoms with E-state index in [0.717, 1.165) is 14.9 Å². The minimum atomic E-state index is -0.314. The molecule has 2 rings (SSSR count). The van der Waals surface area contributed by atoms with Crippen LogP contribution in [0.5, 0.6) is 5.75 Å². The lowest BCUT2D eigenvalue weighted by molar-refractivity contribution is 0.410. The van der Waals surface area contributed by atoms with Crippen LogP contribution in [0.4, 0.5) is 0 Å². The van der Waals surface area contributed by atoms with E-state index in [1.54, 1.807) is 19.2 Å². The summed E-state index contributed by atoms with van der Waals surface area (Å²) < 4.78 is 6.83. The lowest BCUT2D eigenvalue weighted by Gasteiger charge is -2.12. The first kappa shape index (κ1) is 14.5. The Morgan fingerprint density at radius 2 is 2.00 bits per heavy atom. The van der Waals surface area contributed by atoms with Crippen molar-refractivity contribution in [1.82, 2.24) is 0 Å². The number of hydrogen-bond donors (Lipinski definition) is 0. The predicted molar refractivity (Wildman–Crippen MR) is 82.7 cm³/mol. The number of hydrogen-bond acceptors (Lipinski definition) is 2. The van der Waals surface area contributed by atoms with Gasteiger partial charge in [-0.05, 0) is 34.1 Å². The van der Waals surface area contributed by atoms with Gasteiger partial charge in [-0.2, -0.15) is 0 Å². The first-order valence-corrected chi connectivity index (χ1v) is 7.75. The molecule has 1 nitrogen and oxygen atoms in total. The zero-order valence-electron chi connectivity index (χ0n) is 9.22. The second-order valence-electron chi connectivity index (χ2n) is 3.52. The molecule has 6 heteroatoms. The van der Waals surface area contributed by atoms with Crippen LogP contribution in [0.25, 0.3) is 0 Å². The lowest BCUT2D eigenvalue weighted by Crippen LogP contribution is -1.95. The van der Waals surface area contributed by atoms with E-state index in [1.807, 2.05) is 12.1 Å². The monoisotopic (exact) mass is 384 g/mol. The van der Waals surface area contributed by atoms with Crippen LogP contribution in [0.1, 0.15) is 15.8 Å². The minimum absolute atomic E-state index is 0.314. The molecule has 0 amide bonds. The van der Waals surface area contributed by atoms with E-state index in [4.69, 9.17) is 39.5 Å². The Hall–Kier alpha value is 0.0700. The van der Waals surface area contributed by atoms with Crippen LogP contribution < -0.4 is 4.74 Å². The van der Waals surface area contributed by atoms with Gasteiger partial charge in [0.25, 0.3) is 0 Å². The number of thiophene rings is 1. The Morgan fingerprint density at radius 1 is 1.28 bits per heavy atom. The normalized spacial score (nSPS) is 12.5. The second-order valence-corrected chi connectivity index (χ2v) is 6.93. The fourth-order valence-corrected chi connectivity index (χ4v) is 3.81. The molecule has 1 atom stereocenters. The molecule has 1 unspecified atom stereocenters. The first-order chi connectivity index (χ1) is 8.52. The summed E-state index contributed by atoms with van der Waals surface area (Å²) in [4.78, 5) is 0.953. The largest absolute Gasteiger partial charge is 0.496 e. The molecule has 18 heavy (non-hydrogen) atoms. The number of rotatable bonds is 3. The van der Waals surface area contributed by atoms with Crippen molar-refractivity contribution in [3.05, 3.63) is 48.5 Å². The maximum absolute atomic E-state index is 6.46. The van der Waals surface area contributed by atoms with Crippen LogP contribution in [-0.4, -0.2) is 7.11 Å². The smallest absolute Gasteiger partial charge is 0.125 e. The highest BCUT2D eigenvalue weighted by molar-refractivity contribution is 9.10. The molecule has 2 aromatic rings. The molecule has 0 aliphatic heterocycles. The number of alkyl halides is 1. The Morgan fingerprint density at radius 3 is 2.56 bits per heavy atom. The molecule has 0 saturated carbocycles. The summed E-state index contributed by atoms with van der Waals surface area (Å²) in [6.07, 6.45) is 0. The van der Waals surface area contributed by atoms with Crippen molar-refractivity contribution in [2.75, 3.05) is 7.11 Å². The molecule has 0 radical (unpaired) electrons. The van der Waals surface area contributed by atoms with E-state index in [1.165, 1.54) is 11.3 Å². The highest BCUT2D eigenvalue weighted by Gasteiger charge is 2.19. The Labute approximate surface area is 133 Å². The molecule has 0 N–H and O–H groups in total. The molecular formula is C12H8BrCl3OS.